The minimum atomic E-state index is 0.0752. The summed E-state index contributed by atoms with van der Waals surface area (Å²) in [5.74, 6) is 1.63. The number of methoxy groups -OCH3 is 1. The molecule has 0 radical (unpaired) electrons. The molecule has 0 bridgehead atoms. The first-order valence-electron chi connectivity index (χ1n) is 7.42. The van der Waals surface area contributed by atoms with Gasteiger partial charge in [0.25, 0.3) is 0 Å². The molecular formula is C16H25NO4. The van der Waals surface area contributed by atoms with Gasteiger partial charge in [0.1, 0.15) is 0 Å². The Morgan fingerprint density at radius 1 is 1.19 bits per heavy atom. The fraction of sp³-hybridized carbons (Fsp3) is 0.625. The Kier molecular flexibility index (Phi) is 6.29. The molecule has 1 aromatic rings. The van der Waals surface area contributed by atoms with Gasteiger partial charge in [-0.15, -0.1) is 0 Å². The zero-order valence-electron chi connectivity index (χ0n) is 13.1. The first-order chi connectivity index (χ1) is 10.2. The molecule has 5 nitrogen and oxygen atoms in total. The lowest BCUT2D eigenvalue weighted by molar-refractivity contribution is 0.000191. The van der Waals surface area contributed by atoms with E-state index in [1.165, 1.54) is 0 Å². The molecule has 1 aliphatic rings. The van der Waals surface area contributed by atoms with E-state index in [4.69, 9.17) is 18.9 Å². The van der Waals surface area contributed by atoms with Crippen molar-refractivity contribution in [3.63, 3.8) is 0 Å². The Hall–Kier alpha value is -1.30. The van der Waals surface area contributed by atoms with Crippen LogP contribution in [0.5, 0.6) is 11.5 Å². The third kappa shape index (κ3) is 4.59. The summed E-state index contributed by atoms with van der Waals surface area (Å²) in [5.41, 5.74) is 1.13. The monoisotopic (exact) mass is 295 g/mol. The van der Waals surface area contributed by atoms with Gasteiger partial charge in [-0.05, 0) is 31.7 Å². The Balaban J connectivity index is 2.02. The molecule has 1 aromatic carbocycles. The lowest BCUT2D eigenvalue weighted by atomic mass is 10.1. The van der Waals surface area contributed by atoms with E-state index in [2.05, 4.69) is 11.4 Å². The Labute approximate surface area is 126 Å². The zero-order valence-corrected chi connectivity index (χ0v) is 13.1. The maximum absolute atomic E-state index is 5.80. The number of rotatable bonds is 7. The molecule has 0 spiro atoms. The molecule has 0 aliphatic carbocycles. The first-order valence-corrected chi connectivity index (χ1v) is 7.42. The summed E-state index contributed by atoms with van der Waals surface area (Å²) in [6.45, 7) is 4.59. The van der Waals surface area contributed by atoms with Crippen LogP contribution in [0.1, 0.15) is 24.9 Å². The minimum absolute atomic E-state index is 0.0752. The largest absolute Gasteiger partial charge is 0.490 e. The summed E-state index contributed by atoms with van der Waals surface area (Å²) in [6.07, 6.45) is 0.989. The van der Waals surface area contributed by atoms with Crippen molar-refractivity contribution in [3.05, 3.63) is 23.8 Å². The Bertz CT molecular complexity index is 438. The van der Waals surface area contributed by atoms with Gasteiger partial charge in [0, 0.05) is 13.5 Å². The summed E-state index contributed by atoms with van der Waals surface area (Å²) in [7, 11) is 3.61. The van der Waals surface area contributed by atoms with E-state index < -0.39 is 0 Å². The number of ether oxygens (including phenoxy) is 4. The molecule has 1 aliphatic heterocycles. The third-order valence-electron chi connectivity index (χ3n) is 3.47. The van der Waals surface area contributed by atoms with Gasteiger partial charge >= 0.3 is 0 Å². The minimum Gasteiger partial charge on any atom is -0.490 e. The fourth-order valence-electron chi connectivity index (χ4n) is 2.29. The standard InChI is InChI=1S/C16H25NO4/c1-12(10-18-3)21-11-14(17-2)13-5-6-15-16(9-13)20-8-4-7-19-15/h5-6,9,12,14,17H,4,7-8,10-11H2,1-3H3. The number of hydrogen-bond acceptors (Lipinski definition) is 5. The zero-order chi connectivity index (χ0) is 15.1. The van der Waals surface area contributed by atoms with Crippen molar-refractivity contribution in [2.45, 2.75) is 25.5 Å². The molecule has 2 atom stereocenters. The van der Waals surface area contributed by atoms with E-state index in [1.54, 1.807) is 7.11 Å². The predicted octanol–water partition coefficient (Wildman–Crippen LogP) is 2.16. The van der Waals surface area contributed by atoms with Gasteiger partial charge in [0.2, 0.25) is 0 Å². The molecule has 0 saturated heterocycles. The quantitative estimate of drug-likeness (QED) is 0.835. The van der Waals surface area contributed by atoms with E-state index >= 15 is 0 Å². The maximum Gasteiger partial charge on any atom is 0.161 e. The highest BCUT2D eigenvalue weighted by Crippen LogP contribution is 2.32. The van der Waals surface area contributed by atoms with E-state index in [1.807, 2.05) is 26.1 Å². The molecule has 2 rings (SSSR count). The van der Waals surface area contributed by atoms with Crippen molar-refractivity contribution in [2.75, 3.05) is 40.6 Å². The second-order valence-electron chi connectivity index (χ2n) is 5.20. The molecule has 2 unspecified atom stereocenters. The molecule has 5 heteroatoms. The lowest BCUT2D eigenvalue weighted by Gasteiger charge is -2.21. The number of hydrogen-bond donors (Lipinski definition) is 1. The van der Waals surface area contributed by atoms with Crippen LogP contribution in [0.25, 0.3) is 0 Å². The molecule has 1 N–H and O–H groups in total. The van der Waals surface area contributed by atoms with Gasteiger partial charge in [0.05, 0.1) is 38.6 Å². The number of benzene rings is 1. The predicted molar refractivity (Wildman–Crippen MR) is 81.1 cm³/mol. The van der Waals surface area contributed by atoms with Crippen LogP contribution >= 0.6 is 0 Å². The number of fused-ring (bicyclic) bond motifs is 1. The van der Waals surface area contributed by atoms with Crippen molar-refractivity contribution in [3.8, 4) is 11.5 Å². The Morgan fingerprint density at radius 2 is 1.95 bits per heavy atom. The lowest BCUT2D eigenvalue weighted by Crippen LogP contribution is -2.26. The third-order valence-corrected chi connectivity index (χ3v) is 3.47. The van der Waals surface area contributed by atoms with E-state index in [0.29, 0.717) is 26.4 Å². The molecule has 118 valence electrons. The molecule has 21 heavy (non-hydrogen) atoms. The highest BCUT2D eigenvalue weighted by molar-refractivity contribution is 5.44. The summed E-state index contributed by atoms with van der Waals surface area (Å²) >= 11 is 0. The van der Waals surface area contributed by atoms with E-state index in [0.717, 1.165) is 23.5 Å². The van der Waals surface area contributed by atoms with Crippen LogP contribution in [-0.4, -0.2) is 46.7 Å². The molecule has 0 saturated carbocycles. The van der Waals surface area contributed by atoms with E-state index in [-0.39, 0.29) is 12.1 Å². The van der Waals surface area contributed by atoms with Crippen LogP contribution in [0, 0.1) is 0 Å². The average Bonchev–Trinajstić information content (AvgIpc) is 2.73. The summed E-state index contributed by atoms with van der Waals surface area (Å²) in [4.78, 5) is 0. The van der Waals surface area contributed by atoms with Crippen molar-refractivity contribution in [1.29, 1.82) is 0 Å². The van der Waals surface area contributed by atoms with Gasteiger partial charge < -0.3 is 24.3 Å². The normalized spacial score (nSPS) is 17.1. The fourth-order valence-corrected chi connectivity index (χ4v) is 2.29. The topological polar surface area (TPSA) is 49.0 Å². The summed E-state index contributed by atoms with van der Waals surface area (Å²) < 4.78 is 22.3. The van der Waals surface area contributed by atoms with Crippen molar-refractivity contribution in [1.82, 2.24) is 5.32 Å². The van der Waals surface area contributed by atoms with Crippen LogP contribution < -0.4 is 14.8 Å². The van der Waals surface area contributed by atoms with Crippen LogP contribution in [0.2, 0.25) is 0 Å². The molecule has 0 aromatic heterocycles. The van der Waals surface area contributed by atoms with Gasteiger partial charge in [-0.25, -0.2) is 0 Å². The van der Waals surface area contributed by atoms with Crippen LogP contribution in [0.3, 0.4) is 0 Å². The van der Waals surface area contributed by atoms with E-state index in [9.17, 15) is 0 Å². The highest BCUT2D eigenvalue weighted by Gasteiger charge is 2.16. The van der Waals surface area contributed by atoms with Crippen molar-refractivity contribution >= 4 is 0 Å². The SMILES string of the molecule is CNC(COC(C)COC)c1ccc2c(c1)OCCCO2. The maximum atomic E-state index is 5.80. The van der Waals surface area contributed by atoms with Crippen LogP contribution in [-0.2, 0) is 9.47 Å². The summed E-state index contributed by atoms with van der Waals surface area (Å²) in [6, 6.07) is 6.17. The van der Waals surface area contributed by atoms with Gasteiger partial charge in [-0.3, -0.25) is 0 Å². The molecule has 0 amide bonds. The molecular weight excluding hydrogens is 270 g/mol. The first kappa shape index (κ1) is 16.1. The van der Waals surface area contributed by atoms with Crippen molar-refractivity contribution in [2.24, 2.45) is 0 Å². The van der Waals surface area contributed by atoms with Crippen LogP contribution in [0.15, 0.2) is 18.2 Å². The van der Waals surface area contributed by atoms with Gasteiger partial charge in [-0.2, -0.15) is 0 Å². The second kappa shape index (κ2) is 8.22. The number of nitrogens with one attached hydrogen (secondary N) is 1. The number of likely N-dealkylation sites (N-methyl/N-ethyl adjacent to an activating group) is 1. The van der Waals surface area contributed by atoms with Crippen molar-refractivity contribution < 1.29 is 18.9 Å². The van der Waals surface area contributed by atoms with Crippen LogP contribution in [0.4, 0.5) is 0 Å². The molecule has 1 heterocycles. The van der Waals surface area contributed by atoms with Gasteiger partial charge in [0.15, 0.2) is 11.5 Å². The average molecular weight is 295 g/mol. The second-order valence-corrected chi connectivity index (χ2v) is 5.20. The summed E-state index contributed by atoms with van der Waals surface area (Å²) in [5, 5.41) is 3.28. The highest BCUT2D eigenvalue weighted by atomic mass is 16.5. The Morgan fingerprint density at radius 3 is 2.67 bits per heavy atom. The van der Waals surface area contributed by atoms with Gasteiger partial charge in [-0.1, -0.05) is 6.07 Å². The smallest absolute Gasteiger partial charge is 0.161 e. The molecule has 0 fully saturated rings.